The molecule has 0 spiro atoms. The van der Waals surface area contributed by atoms with Crippen LogP contribution >= 0.6 is 0 Å². The van der Waals surface area contributed by atoms with Crippen LogP contribution < -0.4 is 24.0 Å². The van der Waals surface area contributed by atoms with Crippen LogP contribution in [0.4, 0.5) is 0 Å². The zero-order valence-corrected chi connectivity index (χ0v) is 15.4. The molecule has 1 atom stereocenters. The van der Waals surface area contributed by atoms with E-state index in [1.165, 1.54) is 0 Å². The van der Waals surface area contributed by atoms with Crippen molar-refractivity contribution in [2.45, 2.75) is 6.10 Å². The summed E-state index contributed by atoms with van der Waals surface area (Å²) in [5.41, 5.74) is 1.61. The summed E-state index contributed by atoms with van der Waals surface area (Å²) >= 11 is 0. The van der Waals surface area contributed by atoms with E-state index in [2.05, 4.69) is 21.1 Å². The van der Waals surface area contributed by atoms with Crippen molar-refractivity contribution in [3.05, 3.63) is 71.8 Å². The number of benzene rings is 2. The Morgan fingerprint density at radius 3 is 1.95 bits per heavy atom. The van der Waals surface area contributed by atoms with Gasteiger partial charge in [0.1, 0.15) is 6.54 Å². The van der Waals surface area contributed by atoms with Crippen LogP contribution in [0.25, 0.3) is 0 Å². The van der Waals surface area contributed by atoms with Gasteiger partial charge in [-0.05, 0) is 17.7 Å². The van der Waals surface area contributed by atoms with Gasteiger partial charge in [0.2, 0.25) is 0 Å². The lowest BCUT2D eigenvalue weighted by molar-refractivity contribution is -0.874. The Morgan fingerprint density at radius 1 is 0.955 bits per heavy atom. The van der Waals surface area contributed by atoms with E-state index >= 15 is 0 Å². The van der Waals surface area contributed by atoms with Crippen LogP contribution in [-0.2, 0) is 4.74 Å². The van der Waals surface area contributed by atoms with Crippen molar-refractivity contribution < 1.29 is 38.0 Å². The zero-order chi connectivity index (χ0) is 15.3. The molecule has 22 heavy (non-hydrogen) atoms. The van der Waals surface area contributed by atoms with Crippen LogP contribution in [0, 0.1) is 0 Å². The van der Waals surface area contributed by atoms with E-state index in [4.69, 9.17) is 4.74 Å². The molecule has 0 bridgehead atoms. The molecule has 3 nitrogen and oxygen atoms in total. The number of esters is 1. The second-order valence-electron chi connectivity index (χ2n) is 6.14. The molecule has 0 radical (unpaired) electrons. The standard InChI is InChI=1S/C18H22NO2.HI/c1-19(2,3)14-17(15-10-6-4-7-11-15)21-18(20)16-12-8-5-9-13-16;/h4-13,17H,14H2,1-3H3;1H/q+1;/p-1. The molecule has 1 unspecified atom stereocenters. The van der Waals surface area contributed by atoms with Crippen LogP contribution in [0.5, 0.6) is 0 Å². The first kappa shape index (κ1) is 18.6. The largest absolute Gasteiger partial charge is 1.00 e. The first-order valence-electron chi connectivity index (χ1n) is 7.07. The number of nitrogens with zero attached hydrogens (tertiary/aromatic N) is 1. The molecule has 2 rings (SSSR count). The van der Waals surface area contributed by atoms with E-state index in [1.807, 2.05) is 48.5 Å². The number of ether oxygens (including phenoxy) is 1. The minimum atomic E-state index is -0.280. The molecule has 0 aliphatic rings. The SMILES string of the molecule is C[N+](C)(C)CC(OC(=O)c1ccccc1)c1ccccc1.[I-]. The van der Waals surface area contributed by atoms with E-state index in [0.717, 1.165) is 16.6 Å². The van der Waals surface area contributed by atoms with Gasteiger partial charge in [0, 0.05) is 0 Å². The Kier molecular flexibility index (Phi) is 7.03. The number of rotatable bonds is 5. The molecule has 118 valence electrons. The van der Waals surface area contributed by atoms with E-state index in [-0.39, 0.29) is 36.0 Å². The third-order valence-corrected chi connectivity index (χ3v) is 3.14. The van der Waals surface area contributed by atoms with E-state index in [1.54, 1.807) is 12.1 Å². The number of likely N-dealkylation sites (N-methyl/N-ethyl adjacent to an activating group) is 1. The minimum Gasteiger partial charge on any atom is -1.00 e. The number of hydrogen-bond donors (Lipinski definition) is 0. The van der Waals surface area contributed by atoms with Gasteiger partial charge in [0.25, 0.3) is 0 Å². The Morgan fingerprint density at radius 2 is 1.45 bits per heavy atom. The normalized spacial score (nSPS) is 12.1. The Hall–Kier alpha value is -1.40. The molecule has 0 N–H and O–H groups in total. The molecule has 0 saturated carbocycles. The van der Waals surface area contributed by atoms with E-state index in [9.17, 15) is 4.79 Å². The van der Waals surface area contributed by atoms with Crippen LogP contribution in [-0.4, -0.2) is 38.1 Å². The molecule has 2 aromatic carbocycles. The second-order valence-corrected chi connectivity index (χ2v) is 6.14. The summed E-state index contributed by atoms with van der Waals surface area (Å²) in [7, 11) is 6.27. The van der Waals surface area contributed by atoms with Gasteiger partial charge in [0.15, 0.2) is 6.10 Å². The van der Waals surface area contributed by atoms with Crippen molar-refractivity contribution in [2.75, 3.05) is 27.7 Å². The summed E-state index contributed by atoms with van der Waals surface area (Å²) in [6.07, 6.45) is -0.251. The van der Waals surface area contributed by atoms with Crippen LogP contribution in [0.15, 0.2) is 60.7 Å². The third kappa shape index (κ3) is 5.77. The van der Waals surface area contributed by atoms with Gasteiger partial charge in [0.05, 0.1) is 26.7 Å². The Balaban J connectivity index is 0.00000242. The van der Waals surface area contributed by atoms with Gasteiger partial charge in [-0.15, -0.1) is 0 Å². The van der Waals surface area contributed by atoms with Crippen molar-refractivity contribution in [1.29, 1.82) is 0 Å². The predicted octanol–water partition coefficient (Wildman–Crippen LogP) is 0.295. The summed E-state index contributed by atoms with van der Waals surface area (Å²) in [6, 6.07) is 19.0. The van der Waals surface area contributed by atoms with Crippen molar-refractivity contribution in [3.8, 4) is 0 Å². The van der Waals surface area contributed by atoms with E-state index in [0.29, 0.717) is 5.56 Å². The fourth-order valence-electron chi connectivity index (χ4n) is 2.15. The fraction of sp³-hybridized carbons (Fsp3) is 0.278. The highest BCUT2D eigenvalue weighted by molar-refractivity contribution is 5.89. The van der Waals surface area contributed by atoms with Crippen molar-refractivity contribution in [2.24, 2.45) is 0 Å². The predicted molar refractivity (Wildman–Crippen MR) is 83.9 cm³/mol. The van der Waals surface area contributed by atoms with Gasteiger partial charge < -0.3 is 33.2 Å². The molecule has 0 fully saturated rings. The van der Waals surface area contributed by atoms with E-state index < -0.39 is 0 Å². The molecule has 0 aliphatic carbocycles. The fourth-order valence-corrected chi connectivity index (χ4v) is 2.15. The van der Waals surface area contributed by atoms with Gasteiger partial charge in [-0.25, -0.2) is 4.79 Å². The third-order valence-electron chi connectivity index (χ3n) is 3.14. The quantitative estimate of drug-likeness (QED) is 0.402. The maximum absolute atomic E-state index is 12.3. The maximum atomic E-state index is 12.3. The van der Waals surface area contributed by atoms with Gasteiger partial charge >= 0.3 is 5.97 Å². The number of halogens is 1. The highest BCUT2D eigenvalue weighted by Gasteiger charge is 2.24. The Labute approximate surface area is 149 Å². The lowest BCUT2D eigenvalue weighted by Gasteiger charge is -2.29. The summed E-state index contributed by atoms with van der Waals surface area (Å²) in [5, 5.41) is 0. The Bertz CT molecular complexity index is 579. The zero-order valence-electron chi connectivity index (χ0n) is 13.2. The van der Waals surface area contributed by atoms with Gasteiger partial charge in [-0.1, -0.05) is 48.5 Å². The molecule has 0 aliphatic heterocycles. The van der Waals surface area contributed by atoms with Crippen LogP contribution in [0.1, 0.15) is 22.0 Å². The molecular formula is C18H22INO2. The molecular weight excluding hydrogens is 389 g/mol. The average Bonchev–Trinajstić information content (AvgIpc) is 2.47. The number of carbonyl (C=O) groups is 1. The summed E-state index contributed by atoms with van der Waals surface area (Å²) in [4.78, 5) is 12.3. The first-order valence-corrected chi connectivity index (χ1v) is 7.07. The molecule has 0 aromatic heterocycles. The number of carbonyl (C=O) groups excluding carboxylic acids is 1. The van der Waals surface area contributed by atoms with Crippen molar-refractivity contribution in [1.82, 2.24) is 0 Å². The molecule has 0 heterocycles. The molecule has 0 saturated heterocycles. The number of quaternary nitrogens is 1. The lowest BCUT2D eigenvalue weighted by atomic mass is 10.1. The average molecular weight is 411 g/mol. The van der Waals surface area contributed by atoms with Crippen molar-refractivity contribution in [3.63, 3.8) is 0 Å². The lowest BCUT2D eigenvalue weighted by Crippen LogP contribution is -3.00. The van der Waals surface area contributed by atoms with Crippen LogP contribution in [0.2, 0.25) is 0 Å². The topological polar surface area (TPSA) is 26.3 Å². The summed E-state index contributed by atoms with van der Waals surface area (Å²) in [6.45, 7) is 0.725. The monoisotopic (exact) mass is 411 g/mol. The number of hydrogen-bond acceptors (Lipinski definition) is 2. The summed E-state index contributed by atoms with van der Waals surface area (Å²) in [5.74, 6) is -0.280. The first-order chi connectivity index (χ1) is 9.96. The second kappa shape index (κ2) is 8.29. The maximum Gasteiger partial charge on any atom is 0.338 e. The van der Waals surface area contributed by atoms with Crippen LogP contribution in [0.3, 0.4) is 0 Å². The van der Waals surface area contributed by atoms with Crippen molar-refractivity contribution >= 4 is 5.97 Å². The van der Waals surface area contributed by atoms with Gasteiger partial charge in [-0.3, -0.25) is 0 Å². The molecule has 2 aromatic rings. The molecule has 0 amide bonds. The highest BCUT2D eigenvalue weighted by Crippen LogP contribution is 2.21. The molecule has 4 heteroatoms. The minimum absolute atomic E-state index is 0. The highest BCUT2D eigenvalue weighted by atomic mass is 127. The van der Waals surface area contributed by atoms with Gasteiger partial charge in [-0.2, -0.15) is 0 Å². The smallest absolute Gasteiger partial charge is 0.338 e. The summed E-state index contributed by atoms with van der Waals surface area (Å²) < 4.78 is 6.47.